The first-order chi connectivity index (χ1) is 12.8. The summed E-state index contributed by atoms with van der Waals surface area (Å²) in [5.41, 5.74) is 1.60. The topological polar surface area (TPSA) is 67.4 Å². The molecule has 0 aliphatic heterocycles. The number of halogens is 1. The second-order valence-electron chi connectivity index (χ2n) is 6.62. The Hall–Kier alpha value is -2.34. The zero-order valence-corrected chi connectivity index (χ0v) is 17.6. The zero-order chi connectivity index (χ0) is 20.0. The first-order valence-electron chi connectivity index (χ1n) is 8.98. The number of nitrogens with one attached hydrogen (secondary N) is 2. The van der Waals surface area contributed by atoms with E-state index < -0.39 is 0 Å². The molecule has 0 saturated carbocycles. The van der Waals surface area contributed by atoms with Gasteiger partial charge in [0, 0.05) is 21.8 Å². The van der Waals surface area contributed by atoms with Crippen molar-refractivity contribution in [2.45, 2.75) is 46.3 Å². The number of ether oxygens (including phenoxy) is 1. The van der Waals surface area contributed by atoms with E-state index in [0.29, 0.717) is 22.6 Å². The highest BCUT2D eigenvalue weighted by molar-refractivity contribution is 9.10. The maximum atomic E-state index is 12.7. The van der Waals surface area contributed by atoms with Gasteiger partial charge in [0.15, 0.2) is 0 Å². The first kappa shape index (κ1) is 21.0. The molecule has 2 rings (SSSR count). The molecule has 0 fully saturated rings. The number of hydrogen-bond acceptors (Lipinski definition) is 3. The van der Waals surface area contributed by atoms with Crippen molar-refractivity contribution >= 4 is 33.4 Å². The minimum Gasteiger partial charge on any atom is -0.490 e. The maximum absolute atomic E-state index is 12.7. The van der Waals surface area contributed by atoms with Crippen LogP contribution in [0.1, 0.15) is 54.8 Å². The van der Waals surface area contributed by atoms with Crippen molar-refractivity contribution in [1.29, 1.82) is 0 Å². The minimum atomic E-state index is -0.274. The van der Waals surface area contributed by atoms with Crippen LogP contribution in [-0.4, -0.2) is 24.0 Å². The first-order valence-corrected chi connectivity index (χ1v) is 9.78. The Balaban J connectivity index is 2.12. The molecule has 0 aromatic heterocycles. The van der Waals surface area contributed by atoms with Gasteiger partial charge in [-0.1, -0.05) is 22.9 Å². The molecule has 0 heterocycles. The molecule has 0 aliphatic rings. The van der Waals surface area contributed by atoms with E-state index in [4.69, 9.17) is 4.74 Å². The Morgan fingerprint density at radius 2 is 1.70 bits per heavy atom. The van der Waals surface area contributed by atoms with Crippen LogP contribution >= 0.6 is 15.9 Å². The van der Waals surface area contributed by atoms with Gasteiger partial charge in [-0.3, -0.25) is 9.59 Å². The third-order valence-corrected chi connectivity index (χ3v) is 4.44. The lowest BCUT2D eigenvalue weighted by Crippen LogP contribution is -2.31. The van der Waals surface area contributed by atoms with Gasteiger partial charge in [-0.25, -0.2) is 0 Å². The van der Waals surface area contributed by atoms with Crippen LogP contribution in [0.5, 0.6) is 5.75 Å². The van der Waals surface area contributed by atoms with E-state index >= 15 is 0 Å². The molecule has 1 unspecified atom stereocenters. The molecule has 0 saturated heterocycles. The molecule has 2 N–H and O–H groups in total. The molecule has 27 heavy (non-hydrogen) atoms. The van der Waals surface area contributed by atoms with E-state index in [1.165, 1.54) is 0 Å². The third-order valence-electron chi connectivity index (χ3n) is 3.94. The Kier molecular flexibility index (Phi) is 7.42. The van der Waals surface area contributed by atoms with E-state index in [0.717, 1.165) is 10.9 Å². The molecule has 0 spiro atoms. The Morgan fingerprint density at radius 3 is 2.30 bits per heavy atom. The highest BCUT2D eigenvalue weighted by Gasteiger charge is 2.15. The van der Waals surface area contributed by atoms with Gasteiger partial charge < -0.3 is 15.4 Å². The maximum Gasteiger partial charge on any atom is 0.259 e. The molecule has 5 nitrogen and oxygen atoms in total. The molecule has 2 amide bonds. The van der Waals surface area contributed by atoms with Gasteiger partial charge >= 0.3 is 0 Å². The highest BCUT2D eigenvalue weighted by Crippen LogP contribution is 2.25. The van der Waals surface area contributed by atoms with Crippen molar-refractivity contribution in [3.63, 3.8) is 0 Å². The van der Waals surface area contributed by atoms with Crippen LogP contribution in [0.15, 0.2) is 46.9 Å². The van der Waals surface area contributed by atoms with Crippen LogP contribution in [0.4, 0.5) is 5.69 Å². The number of carbonyl (C=O) groups is 2. The Morgan fingerprint density at radius 1 is 1.04 bits per heavy atom. The molecule has 0 radical (unpaired) electrons. The van der Waals surface area contributed by atoms with Crippen LogP contribution in [-0.2, 0) is 0 Å². The van der Waals surface area contributed by atoms with E-state index in [2.05, 4.69) is 26.6 Å². The Labute approximate surface area is 168 Å². The quantitative estimate of drug-likeness (QED) is 0.645. The summed E-state index contributed by atoms with van der Waals surface area (Å²) >= 11 is 3.39. The number of rotatable bonds is 7. The van der Waals surface area contributed by atoms with Gasteiger partial charge in [0.25, 0.3) is 11.8 Å². The summed E-state index contributed by atoms with van der Waals surface area (Å²) in [4.78, 5) is 24.8. The lowest BCUT2D eigenvalue weighted by Gasteiger charge is -2.15. The summed E-state index contributed by atoms with van der Waals surface area (Å²) in [7, 11) is 0. The average molecular weight is 433 g/mol. The molecule has 0 bridgehead atoms. The largest absolute Gasteiger partial charge is 0.490 e. The van der Waals surface area contributed by atoms with E-state index in [1.807, 2.05) is 33.8 Å². The smallest absolute Gasteiger partial charge is 0.259 e. The molecule has 1 atom stereocenters. The number of hydrogen-bond donors (Lipinski definition) is 2. The third kappa shape index (κ3) is 6.10. The monoisotopic (exact) mass is 432 g/mol. The van der Waals surface area contributed by atoms with Crippen molar-refractivity contribution in [2.24, 2.45) is 0 Å². The molecule has 0 aliphatic carbocycles. The molecule has 2 aromatic carbocycles. The summed E-state index contributed by atoms with van der Waals surface area (Å²) in [6, 6.07) is 12.3. The van der Waals surface area contributed by atoms with Gasteiger partial charge in [-0.15, -0.1) is 0 Å². The summed E-state index contributed by atoms with van der Waals surface area (Å²) in [5, 5.41) is 5.76. The Bertz CT molecular complexity index is 804. The fourth-order valence-corrected chi connectivity index (χ4v) is 2.71. The van der Waals surface area contributed by atoms with E-state index in [9.17, 15) is 9.59 Å². The average Bonchev–Trinajstić information content (AvgIpc) is 2.63. The summed E-state index contributed by atoms with van der Waals surface area (Å²) in [6.45, 7) is 7.80. The summed E-state index contributed by atoms with van der Waals surface area (Å²) in [6.07, 6.45) is 0.828. The fourth-order valence-electron chi connectivity index (χ4n) is 2.35. The normalized spacial score (nSPS) is 11.8. The number of carbonyl (C=O) groups excluding carboxylic acids is 2. The van der Waals surface area contributed by atoms with Gasteiger partial charge in [-0.2, -0.15) is 0 Å². The summed E-state index contributed by atoms with van der Waals surface area (Å²) in [5.74, 6) is 0.126. The molecule has 144 valence electrons. The predicted octanol–water partition coefficient (Wildman–Crippen LogP) is 5.02. The number of benzene rings is 2. The van der Waals surface area contributed by atoms with Crippen LogP contribution in [0.2, 0.25) is 0 Å². The van der Waals surface area contributed by atoms with Crippen molar-refractivity contribution in [3.8, 4) is 5.75 Å². The minimum absolute atomic E-state index is 0.0407. The SMILES string of the molecule is CCC(C)NC(=O)c1ccc(NC(=O)c2cc(Br)ccc2OC(C)C)cc1. The second-order valence-corrected chi connectivity index (χ2v) is 7.54. The van der Waals surface area contributed by atoms with Gasteiger partial charge in [0.05, 0.1) is 11.7 Å². The highest BCUT2D eigenvalue weighted by atomic mass is 79.9. The summed E-state index contributed by atoms with van der Waals surface area (Å²) < 4.78 is 6.52. The number of anilines is 1. The zero-order valence-electron chi connectivity index (χ0n) is 16.0. The molecular formula is C21H25BrN2O3. The fraction of sp³-hybridized carbons (Fsp3) is 0.333. The lowest BCUT2D eigenvalue weighted by atomic mass is 10.1. The van der Waals surface area contributed by atoms with Gasteiger partial charge in [0.1, 0.15) is 5.75 Å². The van der Waals surface area contributed by atoms with Crippen molar-refractivity contribution < 1.29 is 14.3 Å². The van der Waals surface area contributed by atoms with E-state index in [-0.39, 0.29) is 24.0 Å². The molecule has 6 heteroatoms. The standard InChI is InChI=1S/C21H25BrN2O3/c1-5-14(4)23-20(25)15-6-9-17(10-7-15)24-21(26)18-12-16(22)8-11-19(18)27-13(2)3/h6-14H,5H2,1-4H3,(H,23,25)(H,24,26). The molecule has 2 aromatic rings. The van der Waals surface area contributed by atoms with Crippen LogP contribution in [0.25, 0.3) is 0 Å². The van der Waals surface area contributed by atoms with Crippen molar-refractivity contribution in [3.05, 3.63) is 58.1 Å². The van der Waals surface area contributed by atoms with Crippen LogP contribution in [0, 0.1) is 0 Å². The predicted molar refractivity (Wildman–Crippen MR) is 112 cm³/mol. The van der Waals surface area contributed by atoms with E-state index in [1.54, 1.807) is 36.4 Å². The number of amides is 2. The van der Waals surface area contributed by atoms with Gasteiger partial charge in [0.2, 0.25) is 0 Å². The van der Waals surface area contributed by atoms with Gasteiger partial charge in [-0.05, 0) is 69.7 Å². The van der Waals surface area contributed by atoms with Crippen molar-refractivity contribution in [2.75, 3.05) is 5.32 Å². The lowest BCUT2D eigenvalue weighted by molar-refractivity contribution is 0.0938. The van der Waals surface area contributed by atoms with Crippen molar-refractivity contribution in [1.82, 2.24) is 5.32 Å². The molecular weight excluding hydrogens is 408 g/mol. The van der Waals surface area contributed by atoms with Crippen LogP contribution in [0.3, 0.4) is 0 Å². The van der Waals surface area contributed by atoms with Crippen LogP contribution < -0.4 is 15.4 Å². The second kappa shape index (κ2) is 9.55.